The second kappa shape index (κ2) is 11.9. The molecule has 0 bridgehead atoms. The molecule has 0 spiro atoms. The lowest BCUT2D eigenvalue weighted by molar-refractivity contribution is 0.0734. The Morgan fingerprint density at radius 3 is 2.51 bits per heavy atom. The number of aliphatic hydroxyl groups excluding tert-OH is 1. The van der Waals surface area contributed by atoms with Crippen molar-refractivity contribution in [1.29, 1.82) is 0 Å². The minimum absolute atomic E-state index is 0.0324. The molecule has 1 atom stereocenters. The van der Waals surface area contributed by atoms with E-state index in [1.54, 1.807) is 49.6 Å². The van der Waals surface area contributed by atoms with Crippen molar-refractivity contribution in [2.45, 2.75) is 38.5 Å². The van der Waals surface area contributed by atoms with E-state index < -0.39 is 6.10 Å². The quantitative estimate of drug-likeness (QED) is 0.356. The predicted octanol–water partition coefficient (Wildman–Crippen LogP) is 2.78. The van der Waals surface area contributed by atoms with Gasteiger partial charge in [-0.15, -0.1) is 0 Å². The predicted molar refractivity (Wildman–Crippen MR) is 141 cm³/mol. The Bertz CT molecular complexity index is 1260. The third kappa shape index (κ3) is 6.47. The van der Waals surface area contributed by atoms with Crippen LogP contribution in [0.5, 0.6) is 11.5 Å². The first-order chi connectivity index (χ1) is 17.9. The fourth-order valence-electron chi connectivity index (χ4n) is 4.57. The van der Waals surface area contributed by atoms with Crippen molar-refractivity contribution in [3.8, 4) is 11.5 Å². The van der Waals surface area contributed by atoms with Gasteiger partial charge in [-0.05, 0) is 90.0 Å². The molecule has 0 fully saturated rings. The van der Waals surface area contributed by atoms with Crippen LogP contribution in [0.4, 0.5) is 0 Å². The van der Waals surface area contributed by atoms with E-state index >= 15 is 0 Å². The number of hydrogen-bond donors (Lipinski definition) is 4. The van der Waals surface area contributed by atoms with E-state index in [-0.39, 0.29) is 24.1 Å². The maximum absolute atomic E-state index is 12.9. The molecule has 194 valence electrons. The van der Waals surface area contributed by atoms with Gasteiger partial charge in [0.05, 0.1) is 13.2 Å². The largest absolute Gasteiger partial charge is 0.508 e. The number of amides is 2. The second-order valence-corrected chi connectivity index (χ2v) is 9.25. The van der Waals surface area contributed by atoms with E-state index in [4.69, 9.17) is 10.5 Å². The summed E-state index contributed by atoms with van der Waals surface area (Å²) in [6.07, 6.45) is 1.00. The molecule has 0 saturated heterocycles. The third-order valence-corrected chi connectivity index (χ3v) is 6.76. The number of nitrogens with zero attached hydrogens (tertiary/aromatic N) is 1. The summed E-state index contributed by atoms with van der Waals surface area (Å²) in [6, 6.07) is 17.6. The van der Waals surface area contributed by atoms with Crippen LogP contribution in [-0.4, -0.2) is 53.2 Å². The van der Waals surface area contributed by atoms with Gasteiger partial charge in [-0.3, -0.25) is 9.59 Å². The SMILES string of the molecule is COc1ccc(C(=O)N2CCc3cc(C(=O)NC[C@@H](O)CCc4ccc(O)cc4CN)ccc3C2)cc1. The number of rotatable bonds is 9. The van der Waals surface area contributed by atoms with E-state index in [1.165, 1.54) is 0 Å². The van der Waals surface area contributed by atoms with Gasteiger partial charge in [0.25, 0.3) is 11.8 Å². The number of fused-ring (bicyclic) bond motifs is 1. The number of ether oxygens (including phenoxy) is 1. The van der Waals surface area contributed by atoms with Gasteiger partial charge in [0, 0.05) is 37.3 Å². The number of aryl methyl sites for hydroxylation is 1. The highest BCUT2D eigenvalue weighted by Crippen LogP contribution is 2.23. The molecule has 1 heterocycles. The number of nitrogens with one attached hydrogen (secondary N) is 1. The van der Waals surface area contributed by atoms with Crippen LogP contribution in [0.2, 0.25) is 0 Å². The maximum Gasteiger partial charge on any atom is 0.254 e. The van der Waals surface area contributed by atoms with Crippen molar-refractivity contribution >= 4 is 11.8 Å². The van der Waals surface area contributed by atoms with Gasteiger partial charge in [0.15, 0.2) is 0 Å². The van der Waals surface area contributed by atoms with Crippen LogP contribution in [0, 0.1) is 0 Å². The lowest BCUT2D eigenvalue weighted by Crippen LogP contribution is -2.36. The number of methoxy groups -OCH3 is 1. The lowest BCUT2D eigenvalue weighted by atomic mass is 9.96. The summed E-state index contributed by atoms with van der Waals surface area (Å²) in [5.74, 6) is 0.594. The first-order valence-corrected chi connectivity index (χ1v) is 12.4. The van der Waals surface area contributed by atoms with Crippen molar-refractivity contribution in [3.05, 3.63) is 94.0 Å². The molecule has 8 heteroatoms. The highest BCUT2D eigenvalue weighted by Gasteiger charge is 2.23. The van der Waals surface area contributed by atoms with Crippen LogP contribution < -0.4 is 15.8 Å². The molecule has 2 amide bonds. The third-order valence-electron chi connectivity index (χ3n) is 6.76. The van der Waals surface area contributed by atoms with Gasteiger partial charge in [0.2, 0.25) is 0 Å². The van der Waals surface area contributed by atoms with Crippen LogP contribution in [0.1, 0.15) is 49.4 Å². The minimum atomic E-state index is -0.710. The maximum atomic E-state index is 12.9. The van der Waals surface area contributed by atoms with Crippen LogP contribution >= 0.6 is 0 Å². The van der Waals surface area contributed by atoms with Crippen molar-refractivity contribution in [3.63, 3.8) is 0 Å². The fourth-order valence-corrected chi connectivity index (χ4v) is 4.57. The molecule has 4 rings (SSSR count). The topological polar surface area (TPSA) is 125 Å². The summed E-state index contributed by atoms with van der Waals surface area (Å²) in [5.41, 5.74) is 10.8. The molecule has 1 aliphatic rings. The van der Waals surface area contributed by atoms with Crippen LogP contribution in [0.3, 0.4) is 0 Å². The van der Waals surface area contributed by atoms with Crippen LogP contribution in [0.15, 0.2) is 60.7 Å². The van der Waals surface area contributed by atoms with E-state index in [2.05, 4.69) is 5.32 Å². The van der Waals surface area contributed by atoms with Crippen molar-refractivity contribution in [2.75, 3.05) is 20.2 Å². The molecule has 1 aliphatic heterocycles. The van der Waals surface area contributed by atoms with E-state index in [9.17, 15) is 19.8 Å². The Morgan fingerprint density at radius 2 is 1.78 bits per heavy atom. The monoisotopic (exact) mass is 503 g/mol. The van der Waals surface area contributed by atoms with Crippen LogP contribution in [0.25, 0.3) is 0 Å². The van der Waals surface area contributed by atoms with E-state index in [0.29, 0.717) is 55.8 Å². The summed E-state index contributed by atoms with van der Waals surface area (Å²) in [6.45, 7) is 1.50. The molecule has 0 unspecified atom stereocenters. The molecule has 0 radical (unpaired) electrons. The van der Waals surface area contributed by atoms with E-state index in [1.807, 2.05) is 23.1 Å². The zero-order valence-electron chi connectivity index (χ0n) is 20.9. The highest BCUT2D eigenvalue weighted by atomic mass is 16.5. The zero-order valence-corrected chi connectivity index (χ0v) is 20.9. The number of aliphatic hydroxyl groups is 1. The number of phenolic OH excluding ortho intramolecular Hbond substituents is 1. The molecule has 0 saturated carbocycles. The Morgan fingerprint density at radius 1 is 1.03 bits per heavy atom. The second-order valence-electron chi connectivity index (χ2n) is 9.25. The normalized spacial score (nSPS) is 13.5. The number of benzene rings is 3. The number of hydrogen-bond acceptors (Lipinski definition) is 6. The molecule has 3 aromatic carbocycles. The van der Waals surface area contributed by atoms with Gasteiger partial charge in [-0.25, -0.2) is 0 Å². The lowest BCUT2D eigenvalue weighted by Gasteiger charge is -2.29. The van der Waals surface area contributed by atoms with Crippen LogP contribution in [-0.2, 0) is 25.9 Å². The molecule has 3 aromatic rings. The minimum Gasteiger partial charge on any atom is -0.508 e. The molecular formula is C29H33N3O5. The van der Waals surface area contributed by atoms with Gasteiger partial charge in [-0.1, -0.05) is 12.1 Å². The number of aromatic hydroxyl groups is 1. The summed E-state index contributed by atoms with van der Waals surface area (Å²) < 4.78 is 5.16. The average Bonchev–Trinajstić information content (AvgIpc) is 2.94. The number of nitrogens with two attached hydrogens (primary N) is 1. The van der Waals surface area contributed by atoms with Gasteiger partial charge in [-0.2, -0.15) is 0 Å². The summed E-state index contributed by atoms with van der Waals surface area (Å²) >= 11 is 0. The van der Waals surface area contributed by atoms with Gasteiger partial charge >= 0.3 is 0 Å². The van der Waals surface area contributed by atoms with Crippen molar-refractivity contribution < 1.29 is 24.5 Å². The first-order valence-electron chi connectivity index (χ1n) is 12.4. The zero-order chi connectivity index (χ0) is 26.4. The highest BCUT2D eigenvalue weighted by molar-refractivity contribution is 5.95. The number of carbonyl (C=O) groups excluding carboxylic acids is 2. The molecule has 37 heavy (non-hydrogen) atoms. The summed E-state index contributed by atoms with van der Waals surface area (Å²) in [5, 5.41) is 22.8. The number of carbonyl (C=O) groups is 2. The molecule has 5 N–H and O–H groups in total. The summed E-state index contributed by atoms with van der Waals surface area (Å²) in [4.78, 5) is 27.4. The Labute approximate surface area is 216 Å². The summed E-state index contributed by atoms with van der Waals surface area (Å²) in [7, 11) is 1.59. The first kappa shape index (κ1) is 26.2. The van der Waals surface area contributed by atoms with Gasteiger partial charge < -0.3 is 30.9 Å². The molecular weight excluding hydrogens is 470 g/mol. The van der Waals surface area contributed by atoms with Crippen molar-refractivity contribution in [1.82, 2.24) is 10.2 Å². The number of phenols is 1. The molecule has 8 nitrogen and oxygen atoms in total. The Balaban J connectivity index is 1.29. The Hall–Kier alpha value is -3.88. The fraction of sp³-hybridized carbons (Fsp3) is 0.310. The standard InChI is InChI=1S/C29H33N3O5/c1-37-27-10-6-20(7-11-27)29(36)32-13-12-21-14-22(2-3-23(21)18-32)28(35)31-17-26(34)9-5-19-4-8-25(33)15-24(19)16-30/h2-4,6-8,10-11,14-15,26,33-34H,5,9,12-13,16-18,30H2,1H3,(H,31,35)/t26-/m0/s1. The molecule has 0 aliphatic carbocycles. The Kier molecular flexibility index (Phi) is 8.43. The molecule has 0 aromatic heterocycles. The smallest absolute Gasteiger partial charge is 0.254 e. The van der Waals surface area contributed by atoms with E-state index in [0.717, 1.165) is 22.3 Å². The van der Waals surface area contributed by atoms with Crippen molar-refractivity contribution in [2.24, 2.45) is 5.73 Å². The average molecular weight is 504 g/mol. The van der Waals surface area contributed by atoms with Gasteiger partial charge in [0.1, 0.15) is 11.5 Å².